The normalized spacial score (nSPS) is 16.8. The lowest BCUT2D eigenvalue weighted by Crippen LogP contribution is -2.39. The van der Waals surface area contributed by atoms with Gasteiger partial charge in [0.15, 0.2) is 9.84 Å². The van der Waals surface area contributed by atoms with Gasteiger partial charge in [0, 0.05) is 32.4 Å². The summed E-state index contributed by atoms with van der Waals surface area (Å²) in [5.74, 6) is 0.434. The van der Waals surface area contributed by atoms with Gasteiger partial charge >= 0.3 is 0 Å². The van der Waals surface area contributed by atoms with Gasteiger partial charge in [-0.3, -0.25) is 4.90 Å². The summed E-state index contributed by atoms with van der Waals surface area (Å²) in [7, 11) is -0.968. The summed E-state index contributed by atoms with van der Waals surface area (Å²) in [6, 6.07) is 0. The first-order valence-corrected chi connectivity index (χ1v) is 12.2. The zero-order chi connectivity index (χ0) is 21.5. The molecular weight excluding hydrogens is 414 g/mol. The van der Waals surface area contributed by atoms with E-state index in [4.69, 9.17) is 18.9 Å². The SMILES string of the molecule is CNCCOCCOCCOCCOCCn1cc(CN2CCS(=O)(=O)CC2)nn1. The Hall–Kier alpha value is -1.15. The molecule has 0 aliphatic carbocycles. The molecule has 30 heavy (non-hydrogen) atoms. The van der Waals surface area contributed by atoms with Crippen molar-refractivity contribution in [2.24, 2.45) is 0 Å². The third-order valence-electron chi connectivity index (χ3n) is 4.49. The largest absolute Gasteiger partial charge is 0.378 e. The van der Waals surface area contributed by atoms with Gasteiger partial charge in [0.05, 0.1) is 76.6 Å². The molecule has 1 N–H and O–H groups in total. The van der Waals surface area contributed by atoms with E-state index in [1.807, 2.05) is 13.2 Å². The van der Waals surface area contributed by atoms with Crippen molar-refractivity contribution in [1.82, 2.24) is 25.2 Å². The third-order valence-corrected chi connectivity index (χ3v) is 6.10. The van der Waals surface area contributed by atoms with E-state index in [0.29, 0.717) is 79.0 Å². The van der Waals surface area contributed by atoms with Gasteiger partial charge in [-0.1, -0.05) is 5.21 Å². The Morgan fingerprint density at radius 2 is 1.50 bits per heavy atom. The van der Waals surface area contributed by atoms with Gasteiger partial charge in [-0.15, -0.1) is 5.10 Å². The molecule has 11 nitrogen and oxygen atoms in total. The summed E-state index contributed by atoms with van der Waals surface area (Å²) in [5.41, 5.74) is 0.838. The molecule has 1 aliphatic heterocycles. The summed E-state index contributed by atoms with van der Waals surface area (Å²) < 4.78 is 46.4. The van der Waals surface area contributed by atoms with Gasteiger partial charge < -0.3 is 24.3 Å². The van der Waals surface area contributed by atoms with Crippen molar-refractivity contribution >= 4 is 9.84 Å². The van der Waals surface area contributed by atoms with Crippen LogP contribution in [0.15, 0.2) is 6.20 Å². The van der Waals surface area contributed by atoms with Gasteiger partial charge in [-0.2, -0.15) is 0 Å². The molecule has 0 aromatic carbocycles. The fourth-order valence-corrected chi connectivity index (χ4v) is 4.03. The monoisotopic (exact) mass is 449 g/mol. The van der Waals surface area contributed by atoms with E-state index in [9.17, 15) is 8.42 Å². The highest BCUT2D eigenvalue weighted by Gasteiger charge is 2.22. The predicted octanol–water partition coefficient (Wildman–Crippen LogP) is -1.21. The first-order chi connectivity index (χ1) is 14.6. The Morgan fingerprint density at radius 3 is 2.10 bits per heavy atom. The van der Waals surface area contributed by atoms with Gasteiger partial charge in [0.25, 0.3) is 0 Å². The van der Waals surface area contributed by atoms with Crippen molar-refractivity contribution in [1.29, 1.82) is 0 Å². The van der Waals surface area contributed by atoms with Crippen molar-refractivity contribution in [2.45, 2.75) is 13.1 Å². The van der Waals surface area contributed by atoms with Crippen LogP contribution in [0.25, 0.3) is 0 Å². The molecular formula is C18H35N5O6S. The second kappa shape index (κ2) is 14.8. The predicted molar refractivity (Wildman–Crippen MR) is 111 cm³/mol. The Labute approximate surface area is 178 Å². The smallest absolute Gasteiger partial charge is 0.152 e. The van der Waals surface area contributed by atoms with E-state index in [1.54, 1.807) is 4.68 Å². The van der Waals surface area contributed by atoms with Crippen LogP contribution in [-0.2, 0) is 41.9 Å². The van der Waals surface area contributed by atoms with Crippen LogP contribution in [0, 0.1) is 0 Å². The van der Waals surface area contributed by atoms with Crippen molar-refractivity contribution in [2.75, 3.05) is 91.0 Å². The molecule has 1 saturated heterocycles. The van der Waals surface area contributed by atoms with Crippen LogP contribution in [0.2, 0.25) is 0 Å². The van der Waals surface area contributed by atoms with Crippen molar-refractivity contribution < 1.29 is 27.4 Å². The summed E-state index contributed by atoms with van der Waals surface area (Å²) >= 11 is 0. The van der Waals surface area contributed by atoms with E-state index in [2.05, 4.69) is 20.5 Å². The molecule has 1 aromatic rings. The molecule has 2 heterocycles. The lowest BCUT2D eigenvalue weighted by molar-refractivity contribution is -0.00234. The quantitative estimate of drug-likeness (QED) is 0.290. The zero-order valence-corrected chi connectivity index (χ0v) is 18.6. The van der Waals surface area contributed by atoms with Crippen LogP contribution in [0.3, 0.4) is 0 Å². The average molecular weight is 450 g/mol. The first-order valence-electron chi connectivity index (χ1n) is 10.4. The Kier molecular flexibility index (Phi) is 12.4. The second-order valence-electron chi connectivity index (χ2n) is 6.95. The van der Waals surface area contributed by atoms with E-state index in [1.165, 1.54) is 0 Å². The maximum atomic E-state index is 11.5. The molecule has 0 unspecified atom stereocenters. The van der Waals surface area contributed by atoms with Crippen LogP contribution >= 0.6 is 0 Å². The summed E-state index contributed by atoms with van der Waals surface area (Å²) in [5, 5.41) is 11.2. The van der Waals surface area contributed by atoms with E-state index < -0.39 is 9.84 Å². The highest BCUT2D eigenvalue weighted by Crippen LogP contribution is 2.07. The molecule has 0 spiro atoms. The van der Waals surface area contributed by atoms with Gasteiger partial charge in [-0.05, 0) is 7.05 Å². The first kappa shape index (κ1) is 25.1. The van der Waals surface area contributed by atoms with Crippen LogP contribution in [0.4, 0.5) is 0 Å². The van der Waals surface area contributed by atoms with Gasteiger partial charge in [0.1, 0.15) is 0 Å². The lowest BCUT2D eigenvalue weighted by Gasteiger charge is -2.25. The Morgan fingerprint density at radius 1 is 0.933 bits per heavy atom. The number of nitrogens with zero attached hydrogens (tertiary/aromatic N) is 4. The molecule has 0 radical (unpaired) electrons. The summed E-state index contributed by atoms with van der Waals surface area (Å²) in [6.45, 7) is 7.64. The number of rotatable bonds is 17. The molecule has 0 atom stereocenters. The molecule has 1 fully saturated rings. The highest BCUT2D eigenvalue weighted by atomic mass is 32.2. The Bertz CT molecular complexity index is 658. The molecule has 174 valence electrons. The lowest BCUT2D eigenvalue weighted by atomic mass is 10.4. The van der Waals surface area contributed by atoms with Crippen LogP contribution < -0.4 is 5.32 Å². The van der Waals surface area contributed by atoms with Gasteiger partial charge in [-0.25, -0.2) is 13.1 Å². The number of nitrogens with one attached hydrogen (secondary N) is 1. The fourth-order valence-electron chi connectivity index (χ4n) is 2.75. The standard InChI is InChI=1S/C18H35N5O6S/c1-19-2-6-26-8-10-28-12-13-29-11-9-27-7-3-23-17-18(20-21-23)16-22-4-14-30(24,25)15-5-22/h17,19H,2-16H2,1H3. The molecule has 2 rings (SSSR count). The number of hydrogen-bond donors (Lipinski definition) is 1. The third kappa shape index (κ3) is 11.3. The number of ether oxygens (including phenoxy) is 4. The molecule has 12 heteroatoms. The van der Waals surface area contributed by atoms with Crippen LogP contribution in [0.1, 0.15) is 5.69 Å². The average Bonchev–Trinajstić information content (AvgIpc) is 3.17. The van der Waals surface area contributed by atoms with E-state index >= 15 is 0 Å². The number of likely N-dealkylation sites (N-methyl/N-ethyl adjacent to an activating group) is 1. The highest BCUT2D eigenvalue weighted by molar-refractivity contribution is 7.91. The van der Waals surface area contributed by atoms with Crippen molar-refractivity contribution in [3.63, 3.8) is 0 Å². The van der Waals surface area contributed by atoms with Gasteiger partial charge in [0.2, 0.25) is 0 Å². The van der Waals surface area contributed by atoms with E-state index in [0.717, 1.165) is 12.2 Å². The molecule has 0 saturated carbocycles. The number of hydrogen-bond acceptors (Lipinski definition) is 10. The number of sulfone groups is 1. The zero-order valence-electron chi connectivity index (χ0n) is 17.8. The maximum absolute atomic E-state index is 11.5. The molecule has 1 aromatic heterocycles. The topological polar surface area (TPSA) is 117 Å². The minimum atomic E-state index is -2.86. The minimum absolute atomic E-state index is 0.217. The molecule has 0 bridgehead atoms. The van der Waals surface area contributed by atoms with Crippen molar-refractivity contribution in [3.05, 3.63) is 11.9 Å². The molecule has 0 amide bonds. The second-order valence-corrected chi connectivity index (χ2v) is 9.26. The Balaban J connectivity index is 1.40. The summed E-state index contributed by atoms with van der Waals surface area (Å²) in [6.07, 6.45) is 1.88. The van der Waals surface area contributed by atoms with Crippen LogP contribution in [-0.4, -0.2) is 119 Å². The molecule has 1 aliphatic rings. The van der Waals surface area contributed by atoms with E-state index in [-0.39, 0.29) is 11.5 Å². The maximum Gasteiger partial charge on any atom is 0.152 e. The fraction of sp³-hybridized carbons (Fsp3) is 0.889. The summed E-state index contributed by atoms with van der Waals surface area (Å²) in [4.78, 5) is 2.09. The number of aromatic nitrogens is 3. The van der Waals surface area contributed by atoms with Crippen molar-refractivity contribution in [3.8, 4) is 0 Å². The van der Waals surface area contributed by atoms with Crippen LogP contribution in [0.5, 0.6) is 0 Å². The minimum Gasteiger partial charge on any atom is -0.378 e.